The van der Waals surface area contributed by atoms with Crippen molar-refractivity contribution in [1.82, 2.24) is 0 Å². The van der Waals surface area contributed by atoms with Gasteiger partial charge in [-0.1, -0.05) is 56.9 Å². The van der Waals surface area contributed by atoms with Crippen LogP contribution in [0, 0.1) is 0 Å². The number of allylic oxidation sites excluding steroid dienone is 4. The maximum atomic E-state index is 2.26. The molecule has 70 valence electrons. The minimum absolute atomic E-state index is 1.24. The van der Waals surface area contributed by atoms with E-state index in [-0.39, 0.29) is 0 Å². The summed E-state index contributed by atoms with van der Waals surface area (Å²) < 4.78 is 0. The zero-order valence-electron chi connectivity index (χ0n) is 8.55. The van der Waals surface area contributed by atoms with Crippen LogP contribution in [0.3, 0.4) is 0 Å². The van der Waals surface area contributed by atoms with E-state index in [0.29, 0.717) is 0 Å². The highest BCUT2D eigenvalue weighted by atomic mass is 13.9. The number of hydrogen-bond donors (Lipinski definition) is 0. The van der Waals surface area contributed by atoms with Crippen LogP contribution in [0.15, 0.2) is 24.3 Å². The van der Waals surface area contributed by atoms with E-state index in [0.717, 1.165) is 0 Å². The van der Waals surface area contributed by atoms with Crippen molar-refractivity contribution in [2.45, 2.75) is 52.4 Å². The summed E-state index contributed by atoms with van der Waals surface area (Å²) in [5.74, 6) is 0. The monoisotopic (exact) mass is 166 g/mol. The van der Waals surface area contributed by atoms with E-state index in [2.05, 4.69) is 31.2 Å². The van der Waals surface area contributed by atoms with Gasteiger partial charge in [-0.05, 0) is 19.8 Å². The van der Waals surface area contributed by atoms with Crippen LogP contribution < -0.4 is 0 Å². The van der Waals surface area contributed by atoms with Crippen LogP contribution in [-0.2, 0) is 0 Å². The second-order valence-electron chi connectivity index (χ2n) is 3.16. The highest BCUT2D eigenvalue weighted by Gasteiger charge is 1.85. The molecule has 0 atom stereocenters. The van der Waals surface area contributed by atoms with Gasteiger partial charge in [0.25, 0.3) is 0 Å². The molecule has 0 aromatic carbocycles. The first-order chi connectivity index (χ1) is 5.91. The third-order valence-corrected chi connectivity index (χ3v) is 1.91. The topological polar surface area (TPSA) is 0 Å². The summed E-state index contributed by atoms with van der Waals surface area (Å²) in [7, 11) is 0. The van der Waals surface area contributed by atoms with Gasteiger partial charge in [0.15, 0.2) is 0 Å². The Kier molecular flexibility index (Phi) is 10.0. The SMILES string of the molecule is C/C=C/C=C/CCCCCCC. The van der Waals surface area contributed by atoms with Crippen molar-refractivity contribution in [3.63, 3.8) is 0 Å². The van der Waals surface area contributed by atoms with E-state index in [1.807, 2.05) is 6.92 Å². The molecule has 0 rings (SSSR count). The summed E-state index contributed by atoms with van der Waals surface area (Å²) in [5.41, 5.74) is 0. The quantitative estimate of drug-likeness (QED) is 0.386. The second kappa shape index (κ2) is 10.5. The van der Waals surface area contributed by atoms with Crippen LogP contribution in [0.5, 0.6) is 0 Å². The van der Waals surface area contributed by atoms with Gasteiger partial charge in [-0.15, -0.1) is 0 Å². The number of rotatable bonds is 7. The molecule has 0 heteroatoms. The first kappa shape index (κ1) is 11.5. The fourth-order valence-corrected chi connectivity index (χ4v) is 1.15. The molecule has 0 aromatic heterocycles. The zero-order chi connectivity index (χ0) is 9.07. The first-order valence-corrected chi connectivity index (χ1v) is 5.19. The number of unbranched alkanes of at least 4 members (excludes halogenated alkanes) is 5. The molecule has 0 aromatic rings. The molecule has 0 aliphatic heterocycles. The van der Waals surface area contributed by atoms with Gasteiger partial charge < -0.3 is 0 Å². The molecule has 0 saturated carbocycles. The molecule has 0 radical (unpaired) electrons. The molecule has 0 bridgehead atoms. The highest BCUT2D eigenvalue weighted by Crippen LogP contribution is 2.05. The van der Waals surface area contributed by atoms with E-state index in [9.17, 15) is 0 Å². The molecular formula is C12H22. The van der Waals surface area contributed by atoms with Gasteiger partial charge in [0, 0.05) is 0 Å². The standard InChI is InChI=1S/C12H22/c1-3-5-7-9-11-12-10-8-6-4-2/h3,5,7,9H,4,6,8,10-12H2,1-2H3/b5-3+,9-7+. The Morgan fingerprint density at radius 1 is 0.917 bits per heavy atom. The Bertz CT molecular complexity index is 120. The van der Waals surface area contributed by atoms with Crippen molar-refractivity contribution in [2.24, 2.45) is 0 Å². The molecule has 0 unspecified atom stereocenters. The van der Waals surface area contributed by atoms with Crippen LogP contribution in [0.4, 0.5) is 0 Å². The smallest absolute Gasteiger partial charge is 0.0348 e. The first-order valence-electron chi connectivity index (χ1n) is 5.19. The fraction of sp³-hybridized carbons (Fsp3) is 0.667. The summed E-state index contributed by atoms with van der Waals surface area (Å²) in [6, 6.07) is 0. The Labute approximate surface area is 77.4 Å². The van der Waals surface area contributed by atoms with Crippen molar-refractivity contribution in [3.05, 3.63) is 24.3 Å². The lowest BCUT2D eigenvalue weighted by molar-refractivity contribution is 0.637. The number of hydrogen-bond acceptors (Lipinski definition) is 0. The lowest BCUT2D eigenvalue weighted by Crippen LogP contribution is -1.75. The van der Waals surface area contributed by atoms with Crippen molar-refractivity contribution in [1.29, 1.82) is 0 Å². The molecule has 0 nitrogen and oxygen atoms in total. The van der Waals surface area contributed by atoms with Gasteiger partial charge in [-0.3, -0.25) is 0 Å². The summed E-state index contributed by atoms with van der Waals surface area (Å²) in [4.78, 5) is 0. The Morgan fingerprint density at radius 2 is 1.67 bits per heavy atom. The predicted molar refractivity (Wildman–Crippen MR) is 57.3 cm³/mol. The third-order valence-electron chi connectivity index (χ3n) is 1.91. The summed E-state index contributed by atoms with van der Waals surface area (Å²) in [6.07, 6.45) is 16.7. The third kappa shape index (κ3) is 9.48. The van der Waals surface area contributed by atoms with E-state index in [1.165, 1.54) is 38.5 Å². The van der Waals surface area contributed by atoms with Gasteiger partial charge in [-0.25, -0.2) is 0 Å². The van der Waals surface area contributed by atoms with Gasteiger partial charge >= 0.3 is 0 Å². The largest absolute Gasteiger partial charge is 0.0877 e. The van der Waals surface area contributed by atoms with Gasteiger partial charge in [-0.2, -0.15) is 0 Å². The van der Waals surface area contributed by atoms with E-state index in [4.69, 9.17) is 0 Å². The van der Waals surface area contributed by atoms with E-state index >= 15 is 0 Å². The zero-order valence-corrected chi connectivity index (χ0v) is 8.55. The summed E-state index contributed by atoms with van der Waals surface area (Å²) in [5, 5.41) is 0. The maximum Gasteiger partial charge on any atom is -0.0348 e. The molecule has 0 aliphatic carbocycles. The average Bonchev–Trinajstić information content (AvgIpc) is 2.10. The normalized spacial score (nSPS) is 11.8. The van der Waals surface area contributed by atoms with Crippen LogP contribution in [0.25, 0.3) is 0 Å². The van der Waals surface area contributed by atoms with Crippen LogP contribution in [0.2, 0.25) is 0 Å². The van der Waals surface area contributed by atoms with Crippen molar-refractivity contribution in [3.8, 4) is 0 Å². The van der Waals surface area contributed by atoms with Gasteiger partial charge in [0.05, 0.1) is 0 Å². The van der Waals surface area contributed by atoms with E-state index in [1.54, 1.807) is 0 Å². The Morgan fingerprint density at radius 3 is 2.33 bits per heavy atom. The molecule has 0 heterocycles. The average molecular weight is 166 g/mol. The summed E-state index contributed by atoms with van der Waals surface area (Å²) >= 11 is 0. The molecule has 0 saturated heterocycles. The Balaban J connectivity index is 3.00. The lowest BCUT2D eigenvalue weighted by atomic mass is 10.1. The van der Waals surface area contributed by atoms with Crippen LogP contribution in [-0.4, -0.2) is 0 Å². The molecule has 0 spiro atoms. The Hall–Kier alpha value is -0.520. The minimum Gasteiger partial charge on any atom is -0.0877 e. The predicted octanol–water partition coefficient (Wildman–Crippen LogP) is 4.48. The van der Waals surface area contributed by atoms with Crippen molar-refractivity contribution in [2.75, 3.05) is 0 Å². The second-order valence-corrected chi connectivity index (χ2v) is 3.16. The molecule has 0 aliphatic rings. The minimum atomic E-state index is 1.24. The van der Waals surface area contributed by atoms with Crippen molar-refractivity contribution >= 4 is 0 Å². The van der Waals surface area contributed by atoms with Gasteiger partial charge in [0.2, 0.25) is 0 Å². The van der Waals surface area contributed by atoms with Crippen LogP contribution in [0.1, 0.15) is 52.4 Å². The molecule has 0 amide bonds. The lowest BCUT2D eigenvalue weighted by Gasteiger charge is -1.95. The highest BCUT2D eigenvalue weighted by molar-refractivity contribution is 5.00. The van der Waals surface area contributed by atoms with Crippen molar-refractivity contribution < 1.29 is 0 Å². The molecule has 12 heavy (non-hydrogen) atoms. The van der Waals surface area contributed by atoms with Gasteiger partial charge in [0.1, 0.15) is 0 Å². The molecule has 0 fully saturated rings. The fourth-order valence-electron chi connectivity index (χ4n) is 1.15. The summed E-state index contributed by atoms with van der Waals surface area (Å²) in [6.45, 7) is 4.30. The van der Waals surface area contributed by atoms with E-state index < -0.39 is 0 Å². The van der Waals surface area contributed by atoms with Crippen LogP contribution >= 0.6 is 0 Å². The molecular weight excluding hydrogens is 144 g/mol. The molecule has 0 N–H and O–H groups in total. The maximum absolute atomic E-state index is 2.26.